The molecule has 0 unspecified atom stereocenters. The number of pyridine rings is 1. The zero-order chi connectivity index (χ0) is 16.2. The number of hydrogen-bond acceptors (Lipinski definition) is 4. The van der Waals surface area contributed by atoms with E-state index >= 15 is 0 Å². The third-order valence-electron chi connectivity index (χ3n) is 2.55. The van der Waals surface area contributed by atoms with Crippen molar-refractivity contribution in [3.63, 3.8) is 0 Å². The van der Waals surface area contributed by atoms with Gasteiger partial charge in [0.05, 0.1) is 11.6 Å². The highest BCUT2D eigenvalue weighted by molar-refractivity contribution is 7.89. The summed E-state index contributed by atoms with van der Waals surface area (Å²) in [6.07, 6.45) is 1.10. The lowest BCUT2D eigenvalue weighted by Gasteiger charge is -2.17. The summed E-state index contributed by atoms with van der Waals surface area (Å²) in [4.78, 5) is 15.3. The van der Waals surface area contributed by atoms with Crippen molar-refractivity contribution in [2.24, 2.45) is 5.92 Å². The number of nitrogens with one attached hydrogen (secondary N) is 1. The number of rotatable bonds is 6. The molecule has 9 heteroatoms. The van der Waals surface area contributed by atoms with Gasteiger partial charge in [0.25, 0.3) is 0 Å². The van der Waals surface area contributed by atoms with Crippen molar-refractivity contribution >= 4 is 39.1 Å². The molecule has 6 nitrogen and oxygen atoms in total. The molecule has 1 heterocycles. The Labute approximate surface area is 134 Å². The fourth-order valence-electron chi connectivity index (χ4n) is 1.39. The van der Waals surface area contributed by atoms with Crippen molar-refractivity contribution in [1.82, 2.24) is 14.6 Å². The summed E-state index contributed by atoms with van der Waals surface area (Å²) >= 11 is 11.4. The van der Waals surface area contributed by atoms with Gasteiger partial charge in [0, 0.05) is 19.8 Å². The Morgan fingerprint density at radius 3 is 2.57 bits per heavy atom. The minimum Gasteiger partial charge on any atom is -0.355 e. The van der Waals surface area contributed by atoms with Crippen LogP contribution < -0.4 is 5.32 Å². The maximum atomic E-state index is 12.3. The number of carbonyl (C=O) groups excluding carboxylic acids is 1. The zero-order valence-electron chi connectivity index (χ0n) is 11.9. The highest BCUT2D eigenvalue weighted by Crippen LogP contribution is 2.23. The molecule has 21 heavy (non-hydrogen) atoms. The van der Waals surface area contributed by atoms with Crippen LogP contribution in [0.15, 0.2) is 17.2 Å². The predicted molar refractivity (Wildman–Crippen MR) is 81.9 cm³/mol. The highest BCUT2D eigenvalue weighted by atomic mass is 35.5. The quantitative estimate of drug-likeness (QED) is 0.790. The molecule has 0 radical (unpaired) electrons. The molecule has 0 atom stereocenters. The van der Waals surface area contributed by atoms with E-state index < -0.39 is 10.0 Å². The fraction of sp³-hybridized carbons (Fsp3) is 0.500. The summed E-state index contributed by atoms with van der Waals surface area (Å²) in [6, 6.07) is 1.20. The van der Waals surface area contributed by atoms with Gasteiger partial charge < -0.3 is 5.32 Å². The average molecular weight is 354 g/mol. The normalized spacial score (nSPS) is 12.0. The monoisotopic (exact) mass is 353 g/mol. The second kappa shape index (κ2) is 7.40. The van der Waals surface area contributed by atoms with Gasteiger partial charge in [0.15, 0.2) is 0 Å². The van der Waals surface area contributed by atoms with E-state index in [1.807, 2.05) is 13.8 Å². The first-order valence-electron chi connectivity index (χ1n) is 6.18. The summed E-state index contributed by atoms with van der Waals surface area (Å²) in [5.41, 5.74) is 0. The summed E-state index contributed by atoms with van der Waals surface area (Å²) < 4.78 is 25.5. The molecule has 1 N–H and O–H groups in total. The van der Waals surface area contributed by atoms with Crippen LogP contribution in [-0.2, 0) is 14.8 Å². The van der Waals surface area contributed by atoms with E-state index in [1.165, 1.54) is 13.1 Å². The van der Waals surface area contributed by atoms with Crippen molar-refractivity contribution in [2.45, 2.75) is 18.7 Å². The molecular weight excluding hydrogens is 337 g/mol. The van der Waals surface area contributed by atoms with Crippen molar-refractivity contribution < 1.29 is 13.2 Å². The predicted octanol–water partition coefficient (Wildman–Crippen LogP) is 1.78. The lowest BCUT2D eigenvalue weighted by molar-refractivity contribution is -0.121. The minimum absolute atomic E-state index is 0.0212. The van der Waals surface area contributed by atoms with Crippen LogP contribution in [0.3, 0.4) is 0 Å². The number of amides is 1. The van der Waals surface area contributed by atoms with Crippen molar-refractivity contribution in [1.29, 1.82) is 0 Å². The molecule has 0 fully saturated rings. The number of sulfonamides is 1. The van der Waals surface area contributed by atoms with Crippen LogP contribution in [0, 0.1) is 5.92 Å². The van der Waals surface area contributed by atoms with Gasteiger partial charge in [-0.25, -0.2) is 13.4 Å². The van der Waals surface area contributed by atoms with Crippen molar-refractivity contribution in [3.05, 3.63) is 22.4 Å². The number of hydrogen-bond donors (Lipinski definition) is 1. The maximum Gasteiger partial charge on any atom is 0.244 e. The second-order valence-electron chi connectivity index (χ2n) is 4.90. The van der Waals surface area contributed by atoms with Gasteiger partial charge in [-0.3, -0.25) is 4.79 Å². The molecular formula is C12H17Cl2N3O3S. The largest absolute Gasteiger partial charge is 0.355 e. The topological polar surface area (TPSA) is 79.4 Å². The van der Waals surface area contributed by atoms with Gasteiger partial charge in [0.1, 0.15) is 10.0 Å². The van der Waals surface area contributed by atoms with Gasteiger partial charge in [-0.05, 0) is 12.0 Å². The van der Waals surface area contributed by atoms with Gasteiger partial charge in [0.2, 0.25) is 15.9 Å². The standard InChI is InChI=1S/C12H17Cl2N3O3S/c1-8(2)5-15-11(18)7-17(3)21(19,20)9-4-10(13)12(14)16-6-9/h4,6,8H,5,7H2,1-3H3,(H,15,18). The van der Waals surface area contributed by atoms with Gasteiger partial charge in [-0.2, -0.15) is 4.31 Å². The Bertz CT molecular complexity index is 620. The van der Waals surface area contributed by atoms with Gasteiger partial charge in [-0.15, -0.1) is 0 Å². The van der Waals surface area contributed by atoms with Crippen LogP contribution >= 0.6 is 23.2 Å². The Kier molecular flexibility index (Phi) is 6.40. The SMILES string of the molecule is CC(C)CNC(=O)CN(C)S(=O)(=O)c1cnc(Cl)c(Cl)c1. The average Bonchev–Trinajstić information content (AvgIpc) is 2.39. The molecule has 0 aromatic carbocycles. The first kappa shape index (κ1) is 18.2. The number of likely N-dealkylation sites (N-methyl/N-ethyl adjacent to an activating group) is 1. The third-order valence-corrected chi connectivity index (χ3v) is 5.01. The summed E-state index contributed by atoms with van der Waals surface area (Å²) in [7, 11) is -2.53. The third kappa shape index (κ3) is 5.10. The molecule has 0 saturated carbocycles. The summed E-state index contributed by atoms with van der Waals surface area (Å²) in [6.45, 7) is 4.10. The lowest BCUT2D eigenvalue weighted by Crippen LogP contribution is -2.39. The molecule has 0 spiro atoms. The van der Waals surface area contributed by atoms with E-state index in [4.69, 9.17) is 23.2 Å². The first-order chi connectivity index (χ1) is 9.64. The smallest absolute Gasteiger partial charge is 0.244 e. The Morgan fingerprint density at radius 2 is 2.05 bits per heavy atom. The van der Waals surface area contributed by atoms with Crippen LogP contribution in [0.1, 0.15) is 13.8 Å². The molecule has 1 amide bonds. The zero-order valence-corrected chi connectivity index (χ0v) is 14.3. The molecule has 1 rings (SSSR count). The molecule has 0 aliphatic carbocycles. The van der Waals surface area contributed by atoms with E-state index in [0.717, 1.165) is 10.5 Å². The fourth-order valence-corrected chi connectivity index (χ4v) is 2.82. The highest BCUT2D eigenvalue weighted by Gasteiger charge is 2.24. The van der Waals surface area contributed by atoms with Crippen LogP contribution in [-0.4, -0.2) is 43.8 Å². The molecule has 118 valence electrons. The Balaban J connectivity index is 2.82. The van der Waals surface area contributed by atoms with E-state index in [1.54, 1.807) is 0 Å². The van der Waals surface area contributed by atoms with E-state index in [0.29, 0.717) is 6.54 Å². The van der Waals surface area contributed by atoms with Gasteiger partial charge >= 0.3 is 0 Å². The van der Waals surface area contributed by atoms with Crippen LogP contribution in [0.25, 0.3) is 0 Å². The molecule has 0 aliphatic heterocycles. The summed E-state index contributed by atoms with van der Waals surface area (Å²) in [5.74, 6) is -0.0853. The van der Waals surface area contributed by atoms with Crippen LogP contribution in [0.2, 0.25) is 10.2 Å². The number of nitrogens with zero attached hydrogens (tertiary/aromatic N) is 2. The number of carbonyl (C=O) groups is 1. The maximum absolute atomic E-state index is 12.3. The minimum atomic E-state index is -3.84. The van der Waals surface area contributed by atoms with E-state index in [9.17, 15) is 13.2 Å². The lowest BCUT2D eigenvalue weighted by atomic mass is 10.2. The van der Waals surface area contributed by atoms with Crippen molar-refractivity contribution in [2.75, 3.05) is 20.1 Å². The van der Waals surface area contributed by atoms with Crippen LogP contribution in [0.4, 0.5) is 0 Å². The molecule has 1 aromatic heterocycles. The van der Waals surface area contributed by atoms with Gasteiger partial charge in [-0.1, -0.05) is 37.0 Å². The molecule has 0 aliphatic rings. The molecule has 1 aromatic rings. The first-order valence-corrected chi connectivity index (χ1v) is 8.38. The molecule has 0 saturated heterocycles. The van der Waals surface area contributed by atoms with E-state index in [2.05, 4.69) is 10.3 Å². The Hall–Kier alpha value is -0.890. The van der Waals surface area contributed by atoms with Crippen molar-refractivity contribution in [3.8, 4) is 0 Å². The van der Waals surface area contributed by atoms with E-state index in [-0.39, 0.29) is 33.4 Å². The molecule has 0 bridgehead atoms. The summed E-state index contributed by atoms with van der Waals surface area (Å²) in [5, 5.41) is 2.71. The second-order valence-corrected chi connectivity index (χ2v) is 7.71. The number of aromatic nitrogens is 1. The Morgan fingerprint density at radius 1 is 1.43 bits per heavy atom. The number of halogens is 2. The van der Waals surface area contributed by atoms with Crippen LogP contribution in [0.5, 0.6) is 0 Å².